The summed E-state index contributed by atoms with van der Waals surface area (Å²) < 4.78 is 85.2. The molecule has 1 aromatic carbocycles. The Hall–Kier alpha value is -2.80. The van der Waals surface area contributed by atoms with Gasteiger partial charge in [-0.05, 0) is 57.6 Å². The van der Waals surface area contributed by atoms with Gasteiger partial charge in [-0.15, -0.1) is 0 Å². The molecule has 224 valence electrons. The first kappa shape index (κ1) is 31.1. The van der Waals surface area contributed by atoms with E-state index in [1.807, 2.05) is 0 Å². The number of aromatic nitrogens is 2. The Labute approximate surface area is 240 Å². The number of alkyl halides is 6. The normalized spacial score (nSPS) is 22.3. The minimum Gasteiger partial charge on any atom is -0.481 e. The summed E-state index contributed by atoms with van der Waals surface area (Å²) >= 11 is 12.1. The summed E-state index contributed by atoms with van der Waals surface area (Å²) in [7, 11) is 0. The summed E-state index contributed by atoms with van der Waals surface area (Å²) in [4.78, 5) is 38.7. The van der Waals surface area contributed by atoms with Gasteiger partial charge >= 0.3 is 18.3 Å². The summed E-state index contributed by atoms with van der Waals surface area (Å²) in [5.74, 6) is -3.49. The average Bonchev–Trinajstić information content (AvgIpc) is 3.52. The van der Waals surface area contributed by atoms with Crippen LogP contribution in [-0.4, -0.2) is 56.7 Å². The molecule has 4 rings (SSSR count). The van der Waals surface area contributed by atoms with Crippen molar-refractivity contribution in [3.8, 4) is 0 Å². The van der Waals surface area contributed by atoms with Gasteiger partial charge in [0.1, 0.15) is 0 Å². The number of carboxylic acid groups (broad SMARTS) is 1. The monoisotopic (exact) mass is 627 g/mol. The van der Waals surface area contributed by atoms with E-state index >= 15 is 0 Å². The summed E-state index contributed by atoms with van der Waals surface area (Å²) in [6.07, 6.45) is -9.86. The van der Waals surface area contributed by atoms with Crippen LogP contribution in [0.15, 0.2) is 24.4 Å². The van der Waals surface area contributed by atoms with Crippen LogP contribution in [-0.2, 0) is 11.0 Å². The van der Waals surface area contributed by atoms with Crippen LogP contribution in [0.5, 0.6) is 0 Å². The minimum atomic E-state index is -5.14. The highest BCUT2D eigenvalue weighted by atomic mass is 35.5. The van der Waals surface area contributed by atoms with E-state index in [0.29, 0.717) is 15.8 Å². The number of benzene rings is 1. The highest BCUT2D eigenvalue weighted by Crippen LogP contribution is 2.58. The number of hydrogen-bond donors (Lipinski definition) is 1. The van der Waals surface area contributed by atoms with Crippen LogP contribution >= 0.6 is 23.2 Å². The molecule has 7 nitrogen and oxygen atoms in total. The van der Waals surface area contributed by atoms with E-state index in [1.54, 1.807) is 0 Å². The number of carbonyl (C=O) groups is 3. The first-order chi connectivity index (χ1) is 18.9. The number of Topliss-reactive ketones (excluding diaryl/α,β-unsaturated/α-hetero) is 1. The Morgan fingerprint density at radius 3 is 2.07 bits per heavy atom. The molecule has 0 bridgehead atoms. The Morgan fingerprint density at radius 1 is 1.05 bits per heavy atom. The molecule has 1 aromatic heterocycles. The molecular weight excluding hydrogens is 603 g/mol. The average molecular weight is 628 g/mol. The molecule has 2 aliphatic carbocycles. The van der Waals surface area contributed by atoms with Gasteiger partial charge in [0.15, 0.2) is 11.5 Å². The van der Waals surface area contributed by atoms with E-state index in [1.165, 1.54) is 25.1 Å². The van der Waals surface area contributed by atoms with Crippen LogP contribution in [0.25, 0.3) is 0 Å². The lowest BCUT2D eigenvalue weighted by atomic mass is 9.74. The quantitative estimate of drug-likeness (QED) is 0.249. The van der Waals surface area contributed by atoms with Crippen LogP contribution in [0, 0.1) is 10.8 Å². The molecule has 41 heavy (non-hydrogen) atoms. The van der Waals surface area contributed by atoms with Gasteiger partial charge in [0, 0.05) is 6.54 Å². The zero-order valence-corrected chi connectivity index (χ0v) is 23.1. The molecular formula is C26H25Cl2F6N3O4. The number of amides is 1. The highest BCUT2D eigenvalue weighted by molar-refractivity contribution is 6.40. The van der Waals surface area contributed by atoms with Gasteiger partial charge in [0.25, 0.3) is 5.91 Å². The lowest BCUT2D eigenvalue weighted by molar-refractivity contribution is -0.189. The number of halogens is 8. The van der Waals surface area contributed by atoms with Gasteiger partial charge in [0.2, 0.25) is 0 Å². The first-order valence-corrected chi connectivity index (χ1v) is 13.4. The van der Waals surface area contributed by atoms with Crippen molar-refractivity contribution in [3.63, 3.8) is 0 Å². The van der Waals surface area contributed by atoms with Gasteiger partial charge in [-0.1, -0.05) is 29.3 Å². The molecule has 15 heteroatoms. The Morgan fingerprint density at radius 2 is 1.61 bits per heavy atom. The summed E-state index contributed by atoms with van der Waals surface area (Å²) in [6, 6.07) is 3.12. The molecule has 2 saturated carbocycles. The fraction of sp³-hybridized carbons (Fsp3) is 0.538. The van der Waals surface area contributed by atoms with Crippen LogP contribution in [0.1, 0.15) is 77.9 Å². The maximum Gasteiger partial charge on any atom is 0.433 e. The maximum absolute atomic E-state index is 14.4. The largest absolute Gasteiger partial charge is 0.481 e. The van der Waals surface area contributed by atoms with Gasteiger partial charge in [-0.25, -0.2) is 0 Å². The first-order valence-electron chi connectivity index (χ1n) is 12.6. The van der Waals surface area contributed by atoms with Gasteiger partial charge in [0.05, 0.1) is 50.8 Å². The molecule has 0 spiro atoms. The van der Waals surface area contributed by atoms with Gasteiger partial charge < -0.3 is 10.0 Å². The molecule has 1 N–H and O–H groups in total. The number of carbonyl (C=O) groups excluding carboxylic acids is 2. The zero-order chi connectivity index (χ0) is 30.5. The lowest BCUT2D eigenvalue weighted by Crippen LogP contribution is -2.44. The lowest BCUT2D eigenvalue weighted by Gasteiger charge is -2.34. The molecule has 0 atom stereocenters. The van der Waals surface area contributed by atoms with Crippen molar-refractivity contribution >= 4 is 40.9 Å². The third-order valence-electron chi connectivity index (χ3n) is 8.03. The Bertz CT molecular complexity index is 1340. The predicted molar refractivity (Wildman–Crippen MR) is 135 cm³/mol. The van der Waals surface area contributed by atoms with Crippen LogP contribution in [0.4, 0.5) is 26.3 Å². The van der Waals surface area contributed by atoms with E-state index in [0.717, 1.165) is 0 Å². The second-order valence-electron chi connectivity index (χ2n) is 10.9. The third kappa shape index (κ3) is 6.06. The summed E-state index contributed by atoms with van der Waals surface area (Å²) in [5, 5.41) is 12.9. The van der Waals surface area contributed by atoms with Crippen molar-refractivity contribution in [3.05, 3.63) is 51.3 Å². The minimum absolute atomic E-state index is 0.0194. The van der Waals surface area contributed by atoms with Crippen molar-refractivity contribution in [2.45, 2.75) is 63.8 Å². The fourth-order valence-corrected chi connectivity index (χ4v) is 5.82. The van der Waals surface area contributed by atoms with Crippen molar-refractivity contribution in [1.29, 1.82) is 0 Å². The van der Waals surface area contributed by atoms with E-state index < -0.39 is 71.2 Å². The number of ketones is 1. The number of hydrogen-bond acceptors (Lipinski definition) is 4. The predicted octanol–water partition coefficient (Wildman–Crippen LogP) is 7.08. The summed E-state index contributed by atoms with van der Waals surface area (Å²) in [6.45, 7) is -0.572. The Balaban J connectivity index is 1.71. The van der Waals surface area contributed by atoms with E-state index in [9.17, 15) is 45.8 Å². The molecule has 1 heterocycles. The van der Waals surface area contributed by atoms with E-state index in [4.69, 9.17) is 23.2 Å². The maximum atomic E-state index is 14.4. The molecule has 0 saturated heterocycles. The molecule has 2 aliphatic rings. The van der Waals surface area contributed by atoms with Gasteiger partial charge in [-0.2, -0.15) is 31.4 Å². The standard InChI is InChI=1S/C26H25Cl2F6N3O4/c1-23(22(40)41)7-5-14(6-8-23)37-20(25(29,30)31)15(11-35-37)21(39)36(13-24(9-10-24)26(32,33)34)12-18(38)19-16(27)3-2-4-17(19)28/h2-4,11,14H,5-10,12-13H2,1H3,(H,40,41)/t14-,23-. The molecule has 2 aromatic rings. The van der Waals surface area contributed by atoms with Crippen molar-refractivity contribution in [1.82, 2.24) is 14.7 Å². The number of aliphatic carboxylic acids is 1. The molecule has 2 fully saturated rings. The second kappa shape index (κ2) is 10.8. The Kier molecular flexibility index (Phi) is 8.20. The summed E-state index contributed by atoms with van der Waals surface area (Å²) in [5.41, 5.74) is -6.27. The van der Waals surface area contributed by atoms with Crippen molar-refractivity contribution in [2.75, 3.05) is 13.1 Å². The third-order valence-corrected chi connectivity index (χ3v) is 8.66. The van der Waals surface area contributed by atoms with Crippen LogP contribution in [0.3, 0.4) is 0 Å². The molecule has 0 unspecified atom stereocenters. The molecule has 0 radical (unpaired) electrons. The second-order valence-corrected chi connectivity index (χ2v) is 11.7. The smallest absolute Gasteiger partial charge is 0.433 e. The van der Waals surface area contributed by atoms with Crippen molar-refractivity contribution < 1.29 is 45.8 Å². The number of nitrogens with zero attached hydrogens (tertiary/aromatic N) is 3. The zero-order valence-electron chi connectivity index (χ0n) is 21.6. The molecule has 0 aliphatic heterocycles. The van der Waals surface area contributed by atoms with E-state index in [2.05, 4.69) is 5.10 Å². The molecule has 1 amide bonds. The van der Waals surface area contributed by atoms with E-state index in [-0.39, 0.29) is 54.1 Å². The fourth-order valence-electron chi connectivity index (χ4n) is 5.21. The van der Waals surface area contributed by atoms with Crippen LogP contribution in [0.2, 0.25) is 10.0 Å². The van der Waals surface area contributed by atoms with Gasteiger partial charge in [-0.3, -0.25) is 19.1 Å². The SMILES string of the molecule is C[C@]1(C(=O)O)CC[C@H](n2ncc(C(=O)N(CC(=O)c3c(Cl)cccc3Cl)CC3(C(F)(F)F)CC3)c2C(F)(F)F)CC1. The topological polar surface area (TPSA) is 92.5 Å². The highest BCUT2D eigenvalue weighted by Gasteiger charge is 2.64. The van der Waals surface area contributed by atoms with Crippen molar-refractivity contribution in [2.24, 2.45) is 10.8 Å². The van der Waals surface area contributed by atoms with Crippen LogP contribution < -0.4 is 0 Å². The number of carboxylic acids is 1. The number of rotatable bonds is 8.